The molecule has 0 spiro atoms. The second-order valence-electron chi connectivity index (χ2n) is 5.00. The van der Waals surface area contributed by atoms with Crippen molar-refractivity contribution in [1.29, 1.82) is 0 Å². The van der Waals surface area contributed by atoms with E-state index in [9.17, 15) is 4.79 Å². The molecule has 0 unspecified atom stereocenters. The van der Waals surface area contributed by atoms with E-state index in [1.54, 1.807) is 0 Å². The molecule has 3 heteroatoms. The number of carbonyl (C=O) groups is 1. The highest BCUT2D eigenvalue weighted by molar-refractivity contribution is 5.38. The minimum Gasteiger partial charge on any atom is -0.461 e. The van der Waals surface area contributed by atoms with Crippen LogP contribution in [0.1, 0.15) is 51.9 Å². The highest BCUT2D eigenvalue weighted by Crippen LogP contribution is 2.40. The van der Waals surface area contributed by atoms with E-state index >= 15 is 0 Å². The fourth-order valence-electron chi connectivity index (χ4n) is 3.14. The molecule has 1 heterocycles. The fourth-order valence-corrected chi connectivity index (χ4v) is 3.14. The lowest BCUT2D eigenvalue weighted by atomic mass is 9.83. The molecule has 0 N–H and O–H groups in total. The van der Waals surface area contributed by atoms with Gasteiger partial charge in [0.2, 0.25) is 0 Å². The highest BCUT2D eigenvalue weighted by Gasteiger charge is 2.46. The fraction of sp³-hybridized carbons (Fsp3) is 0.923. The maximum atomic E-state index is 10.6. The minimum atomic E-state index is 0.0225. The zero-order chi connectivity index (χ0) is 11.4. The summed E-state index contributed by atoms with van der Waals surface area (Å²) in [7, 11) is 0. The third-order valence-corrected chi connectivity index (χ3v) is 3.95. The molecule has 2 rings (SSSR count). The van der Waals surface area contributed by atoms with Gasteiger partial charge in [0.1, 0.15) is 6.10 Å². The minimum absolute atomic E-state index is 0.0225. The van der Waals surface area contributed by atoms with Crippen LogP contribution < -0.4 is 0 Å². The summed E-state index contributed by atoms with van der Waals surface area (Å²) in [6.07, 6.45) is 8.69. The Bertz CT molecular complexity index is 229. The average molecular weight is 226 g/mol. The van der Waals surface area contributed by atoms with E-state index in [-0.39, 0.29) is 12.2 Å². The van der Waals surface area contributed by atoms with Gasteiger partial charge in [0.25, 0.3) is 6.47 Å². The van der Waals surface area contributed by atoms with Crippen LogP contribution in [0.3, 0.4) is 0 Å². The Hall–Kier alpha value is -0.570. The van der Waals surface area contributed by atoms with Crippen molar-refractivity contribution >= 4 is 6.47 Å². The van der Waals surface area contributed by atoms with Crippen molar-refractivity contribution in [2.24, 2.45) is 5.92 Å². The van der Waals surface area contributed by atoms with E-state index in [0.717, 1.165) is 25.7 Å². The van der Waals surface area contributed by atoms with Crippen LogP contribution in [0.2, 0.25) is 0 Å². The van der Waals surface area contributed by atoms with E-state index in [1.807, 2.05) is 0 Å². The van der Waals surface area contributed by atoms with Gasteiger partial charge >= 0.3 is 0 Å². The summed E-state index contributed by atoms with van der Waals surface area (Å²) in [6, 6.07) is 0. The third-order valence-electron chi connectivity index (χ3n) is 3.95. The van der Waals surface area contributed by atoms with Crippen molar-refractivity contribution < 1.29 is 14.3 Å². The summed E-state index contributed by atoms with van der Waals surface area (Å²) in [5, 5.41) is 0. The second kappa shape index (κ2) is 5.67. The molecule has 0 aromatic rings. The van der Waals surface area contributed by atoms with E-state index in [2.05, 4.69) is 6.92 Å². The lowest BCUT2D eigenvalue weighted by Gasteiger charge is -2.26. The standard InChI is InChI=1S/C13H22O3/c1-2-3-7-12-13(15-9-14)10-6-4-5-8-11(10)16-12/h9-13H,2-8H2,1H3/t10-,11-,12+,13-/m0/s1. The zero-order valence-corrected chi connectivity index (χ0v) is 10.1. The summed E-state index contributed by atoms with van der Waals surface area (Å²) < 4.78 is 11.3. The van der Waals surface area contributed by atoms with Gasteiger partial charge in [-0.25, -0.2) is 0 Å². The number of ether oxygens (including phenoxy) is 2. The lowest BCUT2D eigenvalue weighted by Crippen LogP contribution is -2.32. The molecule has 3 nitrogen and oxygen atoms in total. The molecular formula is C13H22O3. The van der Waals surface area contributed by atoms with Gasteiger partial charge in [0, 0.05) is 5.92 Å². The van der Waals surface area contributed by atoms with Gasteiger partial charge in [-0.3, -0.25) is 4.79 Å². The van der Waals surface area contributed by atoms with Crippen molar-refractivity contribution in [3.05, 3.63) is 0 Å². The summed E-state index contributed by atoms with van der Waals surface area (Å²) in [4.78, 5) is 10.6. The molecule has 16 heavy (non-hydrogen) atoms. The highest BCUT2D eigenvalue weighted by atomic mass is 16.6. The number of hydrogen-bond donors (Lipinski definition) is 0. The van der Waals surface area contributed by atoms with E-state index in [1.165, 1.54) is 19.3 Å². The van der Waals surface area contributed by atoms with Crippen LogP contribution in [-0.4, -0.2) is 24.8 Å². The molecule has 2 fully saturated rings. The number of unbranched alkanes of at least 4 members (excludes halogenated alkanes) is 1. The molecular weight excluding hydrogens is 204 g/mol. The Morgan fingerprint density at radius 2 is 2.19 bits per heavy atom. The molecule has 0 bridgehead atoms. The zero-order valence-electron chi connectivity index (χ0n) is 10.1. The Kier molecular flexibility index (Phi) is 4.22. The van der Waals surface area contributed by atoms with Gasteiger partial charge in [-0.2, -0.15) is 0 Å². The summed E-state index contributed by atoms with van der Waals surface area (Å²) in [5.74, 6) is 0.459. The van der Waals surface area contributed by atoms with Gasteiger partial charge in [-0.15, -0.1) is 0 Å². The van der Waals surface area contributed by atoms with Crippen molar-refractivity contribution in [3.8, 4) is 0 Å². The smallest absolute Gasteiger partial charge is 0.293 e. The first-order chi connectivity index (χ1) is 7.86. The first-order valence-corrected chi connectivity index (χ1v) is 6.61. The van der Waals surface area contributed by atoms with Crippen LogP contribution in [0, 0.1) is 5.92 Å². The van der Waals surface area contributed by atoms with Crippen molar-refractivity contribution in [2.75, 3.05) is 0 Å². The molecule has 1 aliphatic carbocycles. The molecule has 92 valence electrons. The topological polar surface area (TPSA) is 35.5 Å². The summed E-state index contributed by atoms with van der Waals surface area (Å²) in [5.41, 5.74) is 0. The molecule has 1 saturated heterocycles. The van der Waals surface area contributed by atoms with Crippen LogP contribution in [-0.2, 0) is 14.3 Å². The average Bonchev–Trinajstić information content (AvgIpc) is 2.66. The monoisotopic (exact) mass is 226 g/mol. The van der Waals surface area contributed by atoms with Crippen LogP contribution in [0.25, 0.3) is 0 Å². The number of hydrogen-bond acceptors (Lipinski definition) is 3. The van der Waals surface area contributed by atoms with Gasteiger partial charge in [0.05, 0.1) is 12.2 Å². The van der Waals surface area contributed by atoms with Gasteiger partial charge < -0.3 is 9.47 Å². The largest absolute Gasteiger partial charge is 0.461 e. The molecule has 2 aliphatic rings. The Labute approximate surface area is 97.5 Å². The first-order valence-electron chi connectivity index (χ1n) is 6.61. The molecule has 0 radical (unpaired) electrons. The molecule has 4 atom stereocenters. The summed E-state index contributed by atoms with van der Waals surface area (Å²) >= 11 is 0. The molecule has 0 aromatic carbocycles. The second-order valence-corrected chi connectivity index (χ2v) is 5.00. The summed E-state index contributed by atoms with van der Waals surface area (Å²) in [6.45, 7) is 2.78. The van der Waals surface area contributed by atoms with Crippen LogP contribution >= 0.6 is 0 Å². The van der Waals surface area contributed by atoms with Crippen LogP contribution in [0.4, 0.5) is 0 Å². The first kappa shape index (κ1) is 11.9. The maximum Gasteiger partial charge on any atom is 0.293 e. The van der Waals surface area contributed by atoms with Gasteiger partial charge in [0.15, 0.2) is 0 Å². The molecule has 1 saturated carbocycles. The molecule has 0 aromatic heterocycles. The maximum absolute atomic E-state index is 10.6. The number of fused-ring (bicyclic) bond motifs is 1. The van der Waals surface area contributed by atoms with E-state index in [4.69, 9.17) is 9.47 Å². The lowest BCUT2D eigenvalue weighted by molar-refractivity contribution is -0.138. The normalized spacial score (nSPS) is 38.1. The van der Waals surface area contributed by atoms with Gasteiger partial charge in [-0.1, -0.05) is 32.6 Å². The quantitative estimate of drug-likeness (QED) is 0.676. The van der Waals surface area contributed by atoms with Crippen molar-refractivity contribution in [1.82, 2.24) is 0 Å². The van der Waals surface area contributed by atoms with Crippen molar-refractivity contribution in [3.63, 3.8) is 0 Å². The predicted molar refractivity (Wildman–Crippen MR) is 61.1 cm³/mol. The Morgan fingerprint density at radius 1 is 1.38 bits per heavy atom. The Morgan fingerprint density at radius 3 is 2.94 bits per heavy atom. The molecule has 1 aliphatic heterocycles. The molecule has 0 amide bonds. The Balaban J connectivity index is 1.97. The van der Waals surface area contributed by atoms with Gasteiger partial charge in [-0.05, 0) is 19.3 Å². The van der Waals surface area contributed by atoms with Crippen LogP contribution in [0.5, 0.6) is 0 Å². The number of rotatable bonds is 5. The van der Waals surface area contributed by atoms with E-state index in [0.29, 0.717) is 18.5 Å². The van der Waals surface area contributed by atoms with Crippen LogP contribution in [0.15, 0.2) is 0 Å². The SMILES string of the molecule is CCCC[C@H]1O[C@H]2CCCC[C@@H]2[C@@H]1OC=O. The van der Waals surface area contributed by atoms with E-state index < -0.39 is 0 Å². The third kappa shape index (κ3) is 2.40. The van der Waals surface area contributed by atoms with Crippen molar-refractivity contribution in [2.45, 2.75) is 70.2 Å². The number of carbonyl (C=O) groups excluding carboxylic acids is 1. The predicted octanol–water partition coefficient (Wildman–Crippen LogP) is 2.68.